The lowest BCUT2D eigenvalue weighted by atomic mass is 9.92. The predicted octanol–water partition coefficient (Wildman–Crippen LogP) is 3.03. The number of nitrogens with one attached hydrogen (secondary N) is 2. The first kappa shape index (κ1) is 19.6. The third-order valence-corrected chi connectivity index (χ3v) is 4.94. The van der Waals surface area contributed by atoms with E-state index in [1.54, 1.807) is 13.0 Å². The van der Waals surface area contributed by atoms with Gasteiger partial charge in [0.25, 0.3) is 5.91 Å². The van der Waals surface area contributed by atoms with E-state index in [4.69, 9.17) is 16.3 Å². The molecule has 1 unspecified atom stereocenters. The van der Waals surface area contributed by atoms with Crippen LogP contribution in [0.15, 0.2) is 6.07 Å². The summed E-state index contributed by atoms with van der Waals surface area (Å²) in [7, 11) is 0. The molecule has 1 fully saturated rings. The molecule has 0 aromatic carbocycles. The normalized spacial score (nSPS) is 23.5. The number of hydrogen-bond acceptors (Lipinski definition) is 3. The highest BCUT2D eigenvalue weighted by Crippen LogP contribution is 2.25. The number of carbonyl (C=O) groups excluding carboxylic acids is 1. The van der Waals surface area contributed by atoms with E-state index in [0.29, 0.717) is 36.7 Å². The average molecular weight is 372 g/mol. The number of rotatable bonds is 6. The van der Waals surface area contributed by atoms with Crippen molar-refractivity contribution in [3.63, 3.8) is 0 Å². The van der Waals surface area contributed by atoms with Crippen LogP contribution in [0, 0.1) is 6.92 Å². The van der Waals surface area contributed by atoms with Crippen molar-refractivity contribution < 1.29 is 19.4 Å². The Balaban J connectivity index is 2.16. The standard InChI is InChI=1S/C17H26ClN3O4/c1-4-8-25-15-12(6-7-21(17(23)24)14(15)5-2)20-16(22)13-9-11(18)10(3)19-13/h9,12,14-15,19H,4-8H2,1-3H3,(H,20,22)(H,23,24)/t12-,14?,15+/m0/s1. The van der Waals surface area contributed by atoms with Crippen molar-refractivity contribution in [3.8, 4) is 0 Å². The number of aryl methyl sites for hydroxylation is 1. The topological polar surface area (TPSA) is 94.7 Å². The summed E-state index contributed by atoms with van der Waals surface area (Å²) < 4.78 is 5.94. The molecule has 3 N–H and O–H groups in total. The maximum atomic E-state index is 12.5. The number of H-pyrrole nitrogens is 1. The Morgan fingerprint density at radius 1 is 1.48 bits per heavy atom. The van der Waals surface area contributed by atoms with Crippen LogP contribution in [0.2, 0.25) is 5.02 Å². The second-order valence-corrected chi connectivity index (χ2v) is 6.72. The van der Waals surface area contributed by atoms with Gasteiger partial charge in [-0.05, 0) is 32.3 Å². The number of hydrogen-bond donors (Lipinski definition) is 3. The van der Waals surface area contributed by atoms with Crippen LogP contribution >= 0.6 is 11.6 Å². The molecule has 1 aromatic heterocycles. The summed E-state index contributed by atoms with van der Waals surface area (Å²) in [6.07, 6.45) is 0.641. The maximum Gasteiger partial charge on any atom is 0.407 e. The molecular formula is C17H26ClN3O4. The lowest BCUT2D eigenvalue weighted by Gasteiger charge is -2.43. The van der Waals surface area contributed by atoms with Crippen LogP contribution in [0.3, 0.4) is 0 Å². The molecule has 0 bridgehead atoms. The van der Waals surface area contributed by atoms with E-state index in [9.17, 15) is 14.7 Å². The zero-order valence-electron chi connectivity index (χ0n) is 14.8. The number of halogens is 1. The summed E-state index contributed by atoms with van der Waals surface area (Å²) in [6.45, 7) is 6.62. The summed E-state index contributed by atoms with van der Waals surface area (Å²) in [5.74, 6) is -0.260. The molecule has 1 aromatic rings. The molecule has 140 valence electrons. The van der Waals surface area contributed by atoms with E-state index < -0.39 is 6.09 Å². The highest BCUT2D eigenvalue weighted by Gasteiger charge is 2.40. The fourth-order valence-corrected chi connectivity index (χ4v) is 3.44. The second-order valence-electron chi connectivity index (χ2n) is 6.31. The molecule has 0 aliphatic carbocycles. The number of likely N-dealkylation sites (tertiary alicyclic amines) is 1. The number of carboxylic acid groups (broad SMARTS) is 1. The van der Waals surface area contributed by atoms with Gasteiger partial charge < -0.3 is 25.0 Å². The lowest BCUT2D eigenvalue weighted by molar-refractivity contribution is -0.0537. The van der Waals surface area contributed by atoms with E-state index in [0.717, 1.165) is 12.1 Å². The number of aromatic amines is 1. The average Bonchev–Trinajstić information content (AvgIpc) is 2.92. The van der Waals surface area contributed by atoms with E-state index in [1.165, 1.54) is 4.90 Å². The van der Waals surface area contributed by atoms with Crippen molar-refractivity contribution in [2.45, 2.75) is 58.2 Å². The minimum Gasteiger partial charge on any atom is -0.465 e. The Bertz CT molecular complexity index is 600. The minimum atomic E-state index is -0.950. The van der Waals surface area contributed by atoms with Gasteiger partial charge in [-0.1, -0.05) is 25.4 Å². The van der Waals surface area contributed by atoms with Crippen molar-refractivity contribution in [1.29, 1.82) is 0 Å². The van der Waals surface area contributed by atoms with Crippen LogP contribution < -0.4 is 5.32 Å². The molecule has 8 heteroatoms. The van der Waals surface area contributed by atoms with Crippen LogP contribution in [-0.4, -0.2) is 58.3 Å². The highest BCUT2D eigenvalue weighted by molar-refractivity contribution is 6.31. The number of amides is 2. The van der Waals surface area contributed by atoms with Gasteiger partial charge in [0.1, 0.15) is 5.69 Å². The maximum absolute atomic E-state index is 12.5. The molecule has 0 radical (unpaired) electrons. The molecule has 0 saturated carbocycles. The Morgan fingerprint density at radius 2 is 2.20 bits per heavy atom. The van der Waals surface area contributed by atoms with E-state index >= 15 is 0 Å². The van der Waals surface area contributed by atoms with Crippen LogP contribution in [-0.2, 0) is 4.74 Å². The third kappa shape index (κ3) is 4.46. The monoisotopic (exact) mass is 371 g/mol. The molecule has 3 atom stereocenters. The van der Waals surface area contributed by atoms with Crippen molar-refractivity contribution in [1.82, 2.24) is 15.2 Å². The number of carbonyl (C=O) groups is 2. The molecule has 1 aliphatic rings. The predicted molar refractivity (Wildman–Crippen MR) is 95.3 cm³/mol. The zero-order valence-corrected chi connectivity index (χ0v) is 15.6. The first-order chi connectivity index (χ1) is 11.9. The first-order valence-electron chi connectivity index (χ1n) is 8.66. The quantitative estimate of drug-likeness (QED) is 0.716. The van der Waals surface area contributed by atoms with Crippen LogP contribution in [0.4, 0.5) is 4.79 Å². The first-order valence-corrected chi connectivity index (χ1v) is 9.03. The molecule has 0 spiro atoms. The molecule has 2 rings (SSSR count). The van der Waals surface area contributed by atoms with Gasteiger partial charge in [-0.25, -0.2) is 4.79 Å². The SMILES string of the molecule is CCCO[C@H]1C(CC)N(C(=O)O)CC[C@@H]1NC(=O)c1cc(Cl)c(C)[nH]1. The summed E-state index contributed by atoms with van der Waals surface area (Å²) >= 11 is 6.01. The van der Waals surface area contributed by atoms with Gasteiger partial charge in [-0.15, -0.1) is 0 Å². The van der Waals surface area contributed by atoms with Gasteiger partial charge in [0.05, 0.1) is 23.2 Å². The minimum absolute atomic E-state index is 0.248. The summed E-state index contributed by atoms with van der Waals surface area (Å²) in [6, 6.07) is 1.07. The fourth-order valence-electron chi connectivity index (χ4n) is 3.28. The van der Waals surface area contributed by atoms with Gasteiger partial charge in [0, 0.05) is 18.8 Å². The summed E-state index contributed by atoms with van der Waals surface area (Å²) in [4.78, 5) is 28.4. The Labute approximate surface area is 152 Å². The number of aromatic nitrogens is 1. The van der Waals surface area contributed by atoms with Crippen molar-refractivity contribution in [3.05, 3.63) is 22.5 Å². The fraction of sp³-hybridized carbons (Fsp3) is 0.647. The van der Waals surface area contributed by atoms with Crippen molar-refractivity contribution >= 4 is 23.6 Å². The molecule has 1 saturated heterocycles. The summed E-state index contributed by atoms with van der Waals surface area (Å²) in [5, 5.41) is 12.9. The lowest BCUT2D eigenvalue weighted by Crippen LogP contribution is -2.61. The molecular weight excluding hydrogens is 346 g/mol. The molecule has 25 heavy (non-hydrogen) atoms. The number of piperidine rings is 1. The molecule has 2 amide bonds. The van der Waals surface area contributed by atoms with Crippen molar-refractivity contribution in [2.24, 2.45) is 0 Å². The van der Waals surface area contributed by atoms with Crippen molar-refractivity contribution in [2.75, 3.05) is 13.2 Å². The molecule has 2 heterocycles. The zero-order chi connectivity index (χ0) is 18.6. The van der Waals surface area contributed by atoms with Crippen LogP contribution in [0.1, 0.15) is 49.3 Å². The van der Waals surface area contributed by atoms with Gasteiger partial charge in [0.2, 0.25) is 0 Å². The second kappa shape index (κ2) is 8.58. The van der Waals surface area contributed by atoms with E-state index in [2.05, 4.69) is 10.3 Å². The van der Waals surface area contributed by atoms with E-state index in [1.807, 2.05) is 13.8 Å². The van der Waals surface area contributed by atoms with Gasteiger partial charge >= 0.3 is 6.09 Å². The van der Waals surface area contributed by atoms with E-state index in [-0.39, 0.29) is 24.1 Å². The number of ether oxygens (including phenoxy) is 1. The van der Waals surface area contributed by atoms with Gasteiger partial charge in [0.15, 0.2) is 0 Å². The number of nitrogens with zero attached hydrogens (tertiary/aromatic N) is 1. The highest BCUT2D eigenvalue weighted by atomic mass is 35.5. The smallest absolute Gasteiger partial charge is 0.407 e. The Morgan fingerprint density at radius 3 is 2.72 bits per heavy atom. The Hall–Kier alpha value is -1.73. The van der Waals surface area contributed by atoms with Gasteiger partial charge in [-0.3, -0.25) is 4.79 Å². The molecule has 1 aliphatic heterocycles. The Kier molecular flexibility index (Phi) is 6.72. The third-order valence-electron chi connectivity index (χ3n) is 4.55. The largest absolute Gasteiger partial charge is 0.465 e. The van der Waals surface area contributed by atoms with Crippen LogP contribution in [0.25, 0.3) is 0 Å². The molecule has 7 nitrogen and oxygen atoms in total. The van der Waals surface area contributed by atoms with Crippen LogP contribution in [0.5, 0.6) is 0 Å². The summed E-state index contributed by atoms with van der Waals surface area (Å²) in [5.41, 5.74) is 1.13. The van der Waals surface area contributed by atoms with Gasteiger partial charge in [-0.2, -0.15) is 0 Å².